The quantitative estimate of drug-likeness (QED) is 0.708. The monoisotopic (exact) mass is 218 g/mol. The molecule has 6 heteroatoms. The maximum atomic E-state index is 10.9. The molecule has 0 saturated carbocycles. The van der Waals surface area contributed by atoms with Gasteiger partial charge in [0.1, 0.15) is 5.56 Å². The van der Waals surface area contributed by atoms with Gasteiger partial charge in [-0.25, -0.2) is 14.3 Å². The lowest BCUT2D eigenvalue weighted by atomic mass is 10.1. The summed E-state index contributed by atoms with van der Waals surface area (Å²) in [4.78, 5) is 15.1. The molecule has 0 bridgehead atoms. The Labute approximate surface area is 90.9 Å². The average molecular weight is 218 g/mol. The molecule has 0 saturated heterocycles. The van der Waals surface area contributed by atoms with Gasteiger partial charge in [0.15, 0.2) is 5.65 Å². The molecule has 0 radical (unpaired) electrons. The van der Waals surface area contributed by atoms with Gasteiger partial charge in [0.05, 0.1) is 11.9 Å². The average Bonchev–Trinajstić information content (AvgIpc) is 2.73. The fourth-order valence-electron chi connectivity index (χ4n) is 2.01. The van der Waals surface area contributed by atoms with E-state index in [0.29, 0.717) is 5.65 Å². The van der Waals surface area contributed by atoms with E-state index in [9.17, 15) is 4.79 Å². The summed E-state index contributed by atoms with van der Waals surface area (Å²) in [7, 11) is 0. The van der Waals surface area contributed by atoms with Crippen LogP contribution in [0.3, 0.4) is 0 Å². The largest absolute Gasteiger partial charge is 0.477 e. The minimum atomic E-state index is -0.989. The minimum absolute atomic E-state index is 0.154. The molecular weight excluding hydrogens is 208 g/mol. The topological polar surface area (TPSA) is 79.5 Å². The van der Waals surface area contributed by atoms with Crippen LogP contribution >= 0.6 is 0 Å². The van der Waals surface area contributed by atoms with Crippen LogP contribution in [0, 0.1) is 0 Å². The molecule has 0 amide bonds. The maximum Gasteiger partial charge on any atom is 0.341 e. The number of aromatic nitrogens is 3. The summed E-state index contributed by atoms with van der Waals surface area (Å²) in [5, 5.41) is 16.3. The van der Waals surface area contributed by atoms with E-state index in [2.05, 4.69) is 15.4 Å². The molecule has 2 aromatic rings. The Morgan fingerprint density at radius 3 is 3.19 bits per heavy atom. The number of carboxylic acid groups (broad SMARTS) is 1. The third-order valence-electron chi connectivity index (χ3n) is 2.80. The highest BCUT2D eigenvalue weighted by Crippen LogP contribution is 2.16. The van der Waals surface area contributed by atoms with Crippen LogP contribution in [0.4, 0.5) is 0 Å². The summed E-state index contributed by atoms with van der Waals surface area (Å²) in [6.07, 6.45) is 3.92. The molecule has 0 fully saturated rings. The Hall–Kier alpha value is -1.95. The summed E-state index contributed by atoms with van der Waals surface area (Å²) in [5.41, 5.74) is 2.71. The molecule has 3 rings (SSSR count). The highest BCUT2D eigenvalue weighted by molar-refractivity contribution is 5.94. The van der Waals surface area contributed by atoms with Gasteiger partial charge in [0, 0.05) is 31.3 Å². The van der Waals surface area contributed by atoms with Gasteiger partial charge in [-0.2, -0.15) is 5.10 Å². The fraction of sp³-hybridized carbons (Fsp3) is 0.300. The fourth-order valence-corrected chi connectivity index (χ4v) is 2.01. The van der Waals surface area contributed by atoms with Crippen molar-refractivity contribution in [2.24, 2.45) is 0 Å². The molecule has 82 valence electrons. The zero-order chi connectivity index (χ0) is 11.1. The van der Waals surface area contributed by atoms with E-state index < -0.39 is 5.97 Å². The van der Waals surface area contributed by atoms with Crippen LogP contribution in [0.25, 0.3) is 5.65 Å². The highest BCUT2D eigenvalue weighted by atomic mass is 16.4. The minimum Gasteiger partial charge on any atom is -0.477 e. The van der Waals surface area contributed by atoms with Crippen molar-refractivity contribution in [3.05, 3.63) is 29.2 Å². The number of hydrogen-bond donors (Lipinski definition) is 2. The van der Waals surface area contributed by atoms with Crippen molar-refractivity contribution in [1.29, 1.82) is 0 Å². The molecule has 0 spiro atoms. The van der Waals surface area contributed by atoms with Gasteiger partial charge in [-0.15, -0.1) is 0 Å². The number of nitrogens with one attached hydrogen (secondary N) is 1. The van der Waals surface area contributed by atoms with Crippen molar-refractivity contribution < 1.29 is 9.90 Å². The smallest absolute Gasteiger partial charge is 0.341 e. The molecule has 0 atom stereocenters. The SMILES string of the molecule is O=C(O)c1cnn2c3c(cnc12)CNCC3. The van der Waals surface area contributed by atoms with Crippen molar-refractivity contribution in [3.63, 3.8) is 0 Å². The van der Waals surface area contributed by atoms with Crippen LogP contribution in [-0.2, 0) is 13.0 Å². The first-order chi connectivity index (χ1) is 7.77. The number of carboxylic acids is 1. The van der Waals surface area contributed by atoms with Crippen LogP contribution in [0.5, 0.6) is 0 Å². The Bertz CT molecular complexity index is 575. The third-order valence-corrected chi connectivity index (χ3v) is 2.80. The van der Waals surface area contributed by atoms with Crippen LogP contribution in [0.1, 0.15) is 21.6 Å². The summed E-state index contributed by atoms with van der Waals surface area (Å²) in [5.74, 6) is -0.989. The first-order valence-corrected chi connectivity index (χ1v) is 5.06. The molecule has 0 aliphatic carbocycles. The number of aromatic carboxylic acids is 1. The van der Waals surface area contributed by atoms with Gasteiger partial charge in [-0.05, 0) is 0 Å². The van der Waals surface area contributed by atoms with Gasteiger partial charge in [-0.1, -0.05) is 0 Å². The van der Waals surface area contributed by atoms with Crippen LogP contribution in [0.15, 0.2) is 12.4 Å². The normalized spacial score (nSPS) is 15.0. The molecule has 16 heavy (non-hydrogen) atoms. The van der Waals surface area contributed by atoms with Crippen LogP contribution in [-0.4, -0.2) is 32.2 Å². The first-order valence-electron chi connectivity index (χ1n) is 5.06. The highest BCUT2D eigenvalue weighted by Gasteiger charge is 2.18. The van der Waals surface area contributed by atoms with E-state index in [4.69, 9.17) is 5.11 Å². The molecule has 3 heterocycles. The van der Waals surface area contributed by atoms with Gasteiger partial charge >= 0.3 is 5.97 Å². The Kier molecular flexibility index (Phi) is 1.90. The molecule has 1 aliphatic rings. The lowest BCUT2D eigenvalue weighted by molar-refractivity contribution is 0.0699. The number of carbonyl (C=O) groups is 1. The van der Waals surface area contributed by atoms with Gasteiger partial charge in [0.25, 0.3) is 0 Å². The lowest BCUT2D eigenvalue weighted by Gasteiger charge is -2.16. The second-order valence-corrected chi connectivity index (χ2v) is 3.76. The number of fused-ring (bicyclic) bond motifs is 3. The summed E-state index contributed by atoms with van der Waals surface area (Å²) in [6, 6.07) is 0. The second kappa shape index (κ2) is 3.28. The standard InChI is InChI=1S/C10H10N4O2/c15-10(16)7-5-13-14-8-1-2-11-3-6(8)4-12-9(7)14/h4-5,11H,1-3H2,(H,15,16). The zero-order valence-corrected chi connectivity index (χ0v) is 8.47. The molecule has 6 nitrogen and oxygen atoms in total. The van der Waals surface area contributed by atoms with E-state index in [1.165, 1.54) is 6.20 Å². The predicted molar refractivity (Wildman–Crippen MR) is 55.4 cm³/mol. The van der Waals surface area contributed by atoms with Crippen LogP contribution in [0.2, 0.25) is 0 Å². The molecule has 2 N–H and O–H groups in total. The molecular formula is C10H10N4O2. The van der Waals surface area contributed by atoms with Gasteiger partial charge in [-0.3, -0.25) is 0 Å². The zero-order valence-electron chi connectivity index (χ0n) is 8.47. The number of nitrogens with zero attached hydrogens (tertiary/aromatic N) is 3. The number of rotatable bonds is 1. The van der Waals surface area contributed by atoms with Gasteiger partial charge < -0.3 is 10.4 Å². The molecule has 1 aliphatic heterocycles. The summed E-state index contributed by atoms with van der Waals surface area (Å²) in [6.45, 7) is 1.65. The Morgan fingerprint density at radius 1 is 1.50 bits per heavy atom. The summed E-state index contributed by atoms with van der Waals surface area (Å²) < 4.78 is 1.64. The van der Waals surface area contributed by atoms with Crippen molar-refractivity contribution in [2.75, 3.05) is 6.54 Å². The van der Waals surface area contributed by atoms with E-state index in [1.807, 2.05) is 0 Å². The lowest BCUT2D eigenvalue weighted by Crippen LogP contribution is -2.26. The third kappa shape index (κ3) is 1.20. The van der Waals surface area contributed by atoms with Gasteiger partial charge in [0.2, 0.25) is 0 Å². The first kappa shape index (κ1) is 9.29. The van der Waals surface area contributed by atoms with E-state index in [-0.39, 0.29) is 5.56 Å². The predicted octanol–water partition coefficient (Wildman–Crippen LogP) is 0.0732. The van der Waals surface area contributed by atoms with Crippen LogP contribution < -0.4 is 5.32 Å². The second-order valence-electron chi connectivity index (χ2n) is 3.76. The van der Waals surface area contributed by atoms with E-state index in [0.717, 1.165) is 30.8 Å². The van der Waals surface area contributed by atoms with E-state index >= 15 is 0 Å². The maximum absolute atomic E-state index is 10.9. The van der Waals surface area contributed by atoms with Crippen molar-refractivity contribution in [1.82, 2.24) is 19.9 Å². The van der Waals surface area contributed by atoms with Crippen molar-refractivity contribution >= 4 is 11.6 Å². The molecule has 0 aromatic carbocycles. The van der Waals surface area contributed by atoms with Crippen molar-refractivity contribution in [3.8, 4) is 0 Å². The number of hydrogen-bond acceptors (Lipinski definition) is 4. The molecule has 0 unspecified atom stereocenters. The Morgan fingerprint density at radius 2 is 2.38 bits per heavy atom. The Balaban J connectivity index is 2.29. The van der Waals surface area contributed by atoms with Crippen molar-refractivity contribution in [2.45, 2.75) is 13.0 Å². The van der Waals surface area contributed by atoms with E-state index in [1.54, 1.807) is 10.7 Å². The molecule has 2 aromatic heterocycles. The summed E-state index contributed by atoms with van der Waals surface area (Å²) >= 11 is 0.